The Bertz CT molecular complexity index is 1150. The van der Waals surface area contributed by atoms with Crippen molar-refractivity contribution in [2.75, 3.05) is 20.8 Å². The molecule has 1 aliphatic rings. The van der Waals surface area contributed by atoms with E-state index in [0.717, 1.165) is 17.3 Å². The van der Waals surface area contributed by atoms with E-state index < -0.39 is 11.9 Å². The predicted molar refractivity (Wildman–Crippen MR) is 126 cm³/mol. The number of phenols is 1. The van der Waals surface area contributed by atoms with Crippen LogP contribution in [0.5, 0.6) is 17.2 Å². The van der Waals surface area contributed by atoms with Gasteiger partial charge in [-0.15, -0.1) is 0 Å². The van der Waals surface area contributed by atoms with Gasteiger partial charge in [0.15, 0.2) is 11.5 Å². The Labute approximate surface area is 195 Å². The van der Waals surface area contributed by atoms with Gasteiger partial charge in [0.2, 0.25) is 5.75 Å². The number of aliphatic hydroxyl groups is 1. The highest BCUT2D eigenvalue weighted by Crippen LogP contribution is 2.42. The number of aliphatic hydroxyl groups excluding tert-OH is 1. The highest BCUT2D eigenvalue weighted by molar-refractivity contribution is 8.18. The number of thioether (sulfide) groups is 1. The second-order valence-corrected chi connectivity index (χ2v) is 7.95. The number of rotatable bonds is 6. The average Bonchev–Trinajstić information content (AvgIpc) is 3.09. The summed E-state index contributed by atoms with van der Waals surface area (Å²) in [5, 5.41) is 20.9. The highest BCUT2D eigenvalue weighted by atomic mass is 32.2. The van der Waals surface area contributed by atoms with E-state index in [-0.39, 0.29) is 45.1 Å². The van der Waals surface area contributed by atoms with Gasteiger partial charge >= 0.3 is 5.97 Å². The van der Waals surface area contributed by atoms with Gasteiger partial charge in [0.05, 0.1) is 25.7 Å². The van der Waals surface area contributed by atoms with Gasteiger partial charge in [0, 0.05) is 5.56 Å². The molecule has 9 heteroatoms. The van der Waals surface area contributed by atoms with Crippen molar-refractivity contribution in [2.24, 2.45) is 4.99 Å². The maximum absolute atomic E-state index is 12.7. The number of aromatic hydroxyl groups is 1. The fourth-order valence-corrected chi connectivity index (χ4v) is 4.01. The van der Waals surface area contributed by atoms with Gasteiger partial charge in [0.25, 0.3) is 5.91 Å². The number of nitrogens with zero attached hydrogens (tertiary/aromatic N) is 1. The molecule has 2 aromatic rings. The molecule has 0 atom stereocenters. The maximum Gasteiger partial charge on any atom is 0.344 e. The van der Waals surface area contributed by atoms with Crippen LogP contribution in [-0.4, -0.2) is 48.0 Å². The van der Waals surface area contributed by atoms with Gasteiger partial charge in [-0.05, 0) is 49.8 Å². The van der Waals surface area contributed by atoms with Crippen molar-refractivity contribution < 1.29 is 34.0 Å². The number of phenolic OH excluding ortho intramolecular Hbond substituents is 1. The van der Waals surface area contributed by atoms with E-state index in [1.54, 1.807) is 37.3 Å². The predicted octanol–water partition coefficient (Wildman–Crippen LogP) is 4.42. The summed E-state index contributed by atoms with van der Waals surface area (Å²) in [6.45, 7) is 3.62. The van der Waals surface area contributed by atoms with Gasteiger partial charge in [0.1, 0.15) is 16.4 Å². The largest absolute Gasteiger partial charge is 0.506 e. The van der Waals surface area contributed by atoms with Gasteiger partial charge < -0.3 is 24.4 Å². The van der Waals surface area contributed by atoms with Crippen LogP contribution >= 0.6 is 11.8 Å². The normalized spacial score (nSPS) is 15.8. The van der Waals surface area contributed by atoms with Crippen molar-refractivity contribution in [2.45, 2.75) is 13.8 Å². The van der Waals surface area contributed by atoms with E-state index in [4.69, 9.17) is 14.2 Å². The summed E-state index contributed by atoms with van der Waals surface area (Å²) in [5.74, 6) is -1.54. The minimum atomic E-state index is -0.790. The third-order valence-corrected chi connectivity index (χ3v) is 5.69. The summed E-state index contributed by atoms with van der Waals surface area (Å²) in [7, 11) is 2.79. The van der Waals surface area contributed by atoms with Crippen LogP contribution in [0.2, 0.25) is 0 Å². The topological polar surface area (TPSA) is 115 Å². The second-order valence-electron chi connectivity index (χ2n) is 6.92. The fraction of sp³-hybridized carbons (Fsp3) is 0.208. The van der Waals surface area contributed by atoms with Gasteiger partial charge in [-0.3, -0.25) is 4.79 Å². The Hall–Kier alpha value is -3.72. The van der Waals surface area contributed by atoms with Gasteiger partial charge in [-0.2, -0.15) is 0 Å². The smallest absolute Gasteiger partial charge is 0.344 e. The molecule has 172 valence electrons. The number of aliphatic imine (C=N–C) groups is 1. The molecule has 2 aromatic carbocycles. The average molecular weight is 470 g/mol. The number of aryl methyl sites for hydroxylation is 1. The lowest BCUT2D eigenvalue weighted by molar-refractivity contribution is -0.138. The van der Waals surface area contributed by atoms with Crippen LogP contribution in [0.25, 0.3) is 6.08 Å². The maximum atomic E-state index is 12.7. The quantitative estimate of drug-likeness (QED) is 0.598. The van der Waals surface area contributed by atoms with E-state index in [2.05, 4.69) is 4.99 Å². The Kier molecular flexibility index (Phi) is 7.44. The summed E-state index contributed by atoms with van der Waals surface area (Å²) in [4.78, 5) is 29.5. The molecule has 0 unspecified atom stereocenters. The molecule has 0 radical (unpaired) electrons. The zero-order valence-electron chi connectivity index (χ0n) is 18.5. The number of carbonyl (C=O) groups excluding carboxylic acids is 2. The number of esters is 1. The van der Waals surface area contributed by atoms with Crippen molar-refractivity contribution >= 4 is 34.8 Å². The van der Waals surface area contributed by atoms with Crippen molar-refractivity contribution in [1.82, 2.24) is 0 Å². The summed E-state index contributed by atoms with van der Waals surface area (Å²) in [5.41, 5.74) is 1.67. The molecule has 0 fully saturated rings. The van der Waals surface area contributed by atoms with Crippen molar-refractivity contribution in [3.8, 4) is 17.2 Å². The lowest BCUT2D eigenvalue weighted by Crippen LogP contribution is -2.14. The van der Waals surface area contributed by atoms with E-state index in [9.17, 15) is 19.8 Å². The third kappa shape index (κ3) is 5.20. The van der Waals surface area contributed by atoms with Crippen LogP contribution in [0.4, 0.5) is 0 Å². The van der Waals surface area contributed by atoms with Crippen molar-refractivity contribution in [3.05, 3.63) is 69.3 Å². The second kappa shape index (κ2) is 10.3. The Morgan fingerprint density at radius 2 is 1.67 bits per heavy atom. The molecular formula is C24H23NO7S. The molecule has 0 aromatic heterocycles. The number of carbonyl (C=O) groups is 2. The lowest BCUT2D eigenvalue weighted by Gasteiger charge is -2.10. The first-order chi connectivity index (χ1) is 15.8. The SMILES string of the molecule is CCOC(=O)C1=C(O)C(=Cc2cc(OC)c(O)c(OC)c2)SC1=NC(=O)c1ccc(C)cc1. The molecule has 0 aliphatic carbocycles. The van der Waals surface area contributed by atoms with Crippen LogP contribution in [0.3, 0.4) is 0 Å². The minimum Gasteiger partial charge on any atom is -0.506 e. The van der Waals surface area contributed by atoms with Crippen LogP contribution in [0.1, 0.15) is 28.4 Å². The molecular weight excluding hydrogens is 446 g/mol. The van der Waals surface area contributed by atoms with Crippen LogP contribution in [0, 0.1) is 6.92 Å². The first-order valence-electron chi connectivity index (χ1n) is 9.94. The zero-order valence-corrected chi connectivity index (χ0v) is 19.4. The number of benzene rings is 2. The number of hydrogen-bond acceptors (Lipinski definition) is 8. The molecule has 3 rings (SSSR count). The monoisotopic (exact) mass is 469 g/mol. The molecule has 2 N–H and O–H groups in total. The van der Waals surface area contributed by atoms with E-state index in [0.29, 0.717) is 11.1 Å². The van der Waals surface area contributed by atoms with Crippen molar-refractivity contribution in [3.63, 3.8) is 0 Å². The third-order valence-electron chi connectivity index (χ3n) is 4.67. The molecule has 8 nitrogen and oxygen atoms in total. The Morgan fingerprint density at radius 1 is 1.06 bits per heavy atom. The Morgan fingerprint density at radius 3 is 2.21 bits per heavy atom. The Balaban J connectivity index is 2.05. The molecule has 33 heavy (non-hydrogen) atoms. The van der Waals surface area contributed by atoms with Crippen LogP contribution < -0.4 is 9.47 Å². The van der Waals surface area contributed by atoms with Crippen molar-refractivity contribution in [1.29, 1.82) is 0 Å². The van der Waals surface area contributed by atoms with Crippen LogP contribution in [-0.2, 0) is 9.53 Å². The number of amides is 1. The van der Waals surface area contributed by atoms with Gasteiger partial charge in [-0.1, -0.05) is 29.5 Å². The summed E-state index contributed by atoms with van der Waals surface area (Å²) in [6.07, 6.45) is 1.56. The number of methoxy groups -OCH3 is 2. The fourth-order valence-electron chi connectivity index (χ4n) is 2.99. The summed E-state index contributed by atoms with van der Waals surface area (Å²) < 4.78 is 15.4. The minimum absolute atomic E-state index is 0.0282. The zero-order chi connectivity index (χ0) is 24.1. The van der Waals surface area contributed by atoms with Crippen LogP contribution in [0.15, 0.2) is 57.6 Å². The first-order valence-corrected chi connectivity index (χ1v) is 10.8. The standard InChI is InChI=1S/C24H23NO7S/c1-5-32-24(29)19-21(27)18(12-14-10-16(30-3)20(26)17(11-14)31-4)33-23(19)25-22(28)15-8-6-13(2)7-9-15/h6-12,26-27H,5H2,1-4H3. The molecule has 1 amide bonds. The molecule has 1 heterocycles. The molecule has 0 saturated heterocycles. The van der Waals surface area contributed by atoms with E-state index in [1.807, 2.05) is 6.92 Å². The molecule has 1 aliphatic heterocycles. The van der Waals surface area contributed by atoms with E-state index in [1.165, 1.54) is 26.4 Å². The number of hydrogen-bond donors (Lipinski definition) is 2. The van der Waals surface area contributed by atoms with Gasteiger partial charge in [-0.25, -0.2) is 9.79 Å². The lowest BCUT2D eigenvalue weighted by atomic mass is 10.1. The van der Waals surface area contributed by atoms with E-state index >= 15 is 0 Å². The molecule has 0 bridgehead atoms. The summed E-state index contributed by atoms with van der Waals surface area (Å²) >= 11 is 0.954. The molecule has 0 spiro atoms. The summed E-state index contributed by atoms with van der Waals surface area (Å²) in [6, 6.07) is 9.92. The first kappa shape index (κ1) is 23.9. The number of ether oxygens (including phenoxy) is 3. The highest BCUT2D eigenvalue weighted by Gasteiger charge is 2.34. The molecule has 0 saturated carbocycles.